The second kappa shape index (κ2) is 10.2. The van der Waals surface area contributed by atoms with Crippen LogP contribution in [0.2, 0.25) is 0 Å². The van der Waals surface area contributed by atoms with Crippen LogP contribution in [0.1, 0.15) is 11.1 Å². The summed E-state index contributed by atoms with van der Waals surface area (Å²) >= 11 is 0. The van der Waals surface area contributed by atoms with Gasteiger partial charge in [-0.15, -0.1) is 0 Å². The lowest BCUT2D eigenvalue weighted by molar-refractivity contribution is -0.139. The van der Waals surface area contributed by atoms with Crippen LogP contribution in [0, 0.1) is 5.82 Å². The average molecular weight is 416 g/mol. The predicted octanol–water partition coefficient (Wildman–Crippen LogP) is 5.62. The van der Waals surface area contributed by atoms with Crippen molar-refractivity contribution in [1.82, 2.24) is 0 Å². The first kappa shape index (κ1) is 21.7. The molecule has 3 rings (SSSR count). The standard InChI is InChI=1S/C26H21FO4/c1-3-25(28)30-16-18-5-9-20(10-6-18)22-13-14-23(24(27)15-22)21-11-7-19(8-12-21)17-31-26(29)4-2/h3-15H,1-2,16-17H2. The Morgan fingerprint density at radius 2 is 1.16 bits per heavy atom. The fraction of sp³-hybridized carbons (Fsp3) is 0.0769. The van der Waals surface area contributed by atoms with Crippen molar-refractivity contribution < 1.29 is 23.5 Å². The molecule has 0 aliphatic rings. The van der Waals surface area contributed by atoms with Gasteiger partial charge < -0.3 is 9.47 Å². The molecule has 0 aromatic heterocycles. The molecule has 0 spiro atoms. The van der Waals surface area contributed by atoms with Crippen LogP contribution in [0.3, 0.4) is 0 Å². The van der Waals surface area contributed by atoms with Crippen molar-refractivity contribution in [1.29, 1.82) is 0 Å². The number of carbonyl (C=O) groups is 2. The van der Waals surface area contributed by atoms with Crippen LogP contribution in [-0.2, 0) is 32.3 Å². The van der Waals surface area contributed by atoms with Gasteiger partial charge in [0.1, 0.15) is 19.0 Å². The summed E-state index contributed by atoms with van der Waals surface area (Å²) in [5.41, 5.74) is 4.42. The largest absolute Gasteiger partial charge is 0.458 e. The Kier molecular flexibility index (Phi) is 7.12. The minimum Gasteiger partial charge on any atom is -0.458 e. The first-order valence-electron chi connectivity index (χ1n) is 9.56. The summed E-state index contributed by atoms with van der Waals surface area (Å²) in [6.07, 6.45) is 2.22. The molecular weight excluding hydrogens is 395 g/mol. The zero-order chi connectivity index (χ0) is 22.2. The third-order valence-electron chi connectivity index (χ3n) is 4.62. The molecule has 0 atom stereocenters. The van der Waals surface area contributed by atoms with E-state index < -0.39 is 11.9 Å². The molecule has 0 saturated heterocycles. The van der Waals surface area contributed by atoms with Gasteiger partial charge in [0, 0.05) is 17.7 Å². The van der Waals surface area contributed by atoms with Gasteiger partial charge in [0.2, 0.25) is 0 Å². The first-order chi connectivity index (χ1) is 15.0. The smallest absolute Gasteiger partial charge is 0.330 e. The molecule has 5 heteroatoms. The van der Waals surface area contributed by atoms with E-state index >= 15 is 0 Å². The molecule has 0 bridgehead atoms. The Hall–Kier alpha value is -3.99. The van der Waals surface area contributed by atoms with Gasteiger partial charge in [-0.05, 0) is 33.9 Å². The zero-order valence-electron chi connectivity index (χ0n) is 16.8. The summed E-state index contributed by atoms with van der Waals surface area (Å²) in [4.78, 5) is 22.3. The molecule has 0 aliphatic carbocycles. The second-order valence-corrected chi connectivity index (χ2v) is 6.71. The summed E-state index contributed by atoms with van der Waals surface area (Å²) in [5, 5.41) is 0. The average Bonchev–Trinajstić information content (AvgIpc) is 2.81. The Balaban J connectivity index is 1.71. The predicted molar refractivity (Wildman–Crippen MR) is 117 cm³/mol. The van der Waals surface area contributed by atoms with Gasteiger partial charge in [-0.25, -0.2) is 14.0 Å². The van der Waals surface area contributed by atoms with E-state index in [9.17, 15) is 14.0 Å². The highest BCUT2D eigenvalue weighted by Gasteiger charge is 2.09. The minimum absolute atomic E-state index is 0.134. The highest BCUT2D eigenvalue weighted by Crippen LogP contribution is 2.28. The van der Waals surface area contributed by atoms with Gasteiger partial charge in [0.25, 0.3) is 0 Å². The van der Waals surface area contributed by atoms with Crippen LogP contribution in [-0.4, -0.2) is 11.9 Å². The Labute approximate surface area is 180 Å². The number of hydrogen-bond acceptors (Lipinski definition) is 4. The van der Waals surface area contributed by atoms with Gasteiger partial charge in [0.05, 0.1) is 0 Å². The van der Waals surface area contributed by atoms with Gasteiger partial charge in [-0.1, -0.05) is 73.8 Å². The summed E-state index contributed by atoms with van der Waals surface area (Å²) in [5.74, 6) is -1.31. The summed E-state index contributed by atoms with van der Waals surface area (Å²) < 4.78 is 24.8. The quantitative estimate of drug-likeness (QED) is 0.353. The highest BCUT2D eigenvalue weighted by atomic mass is 19.1. The SMILES string of the molecule is C=CC(=O)OCc1ccc(-c2ccc(-c3ccc(COC(=O)C=C)cc3)c(F)c2)cc1. The van der Waals surface area contributed by atoms with E-state index in [1.807, 2.05) is 30.3 Å². The van der Waals surface area contributed by atoms with E-state index in [2.05, 4.69) is 13.2 Å². The number of hydrogen-bond donors (Lipinski definition) is 0. The van der Waals surface area contributed by atoms with Gasteiger partial charge >= 0.3 is 11.9 Å². The van der Waals surface area contributed by atoms with Crippen molar-refractivity contribution in [3.63, 3.8) is 0 Å². The van der Waals surface area contributed by atoms with Crippen LogP contribution in [0.15, 0.2) is 92.0 Å². The van der Waals surface area contributed by atoms with E-state index in [0.29, 0.717) is 5.56 Å². The normalized spacial score (nSPS) is 10.2. The van der Waals surface area contributed by atoms with Gasteiger partial charge in [0.15, 0.2) is 0 Å². The maximum Gasteiger partial charge on any atom is 0.330 e. The Morgan fingerprint density at radius 3 is 1.61 bits per heavy atom. The monoisotopic (exact) mass is 416 g/mol. The highest BCUT2D eigenvalue weighted by molar-refractivity contribution is 5.81. The fourth-order valence-electron chi connectivity index (χ4n) is 2.93. The second-order valence-electron chi connectivity index (χ2n) is 6.71. The number of rotatable bonds is 8. The molecule has 0 aliphatic heterocycles. The number of halogens is 1. The number of esters is 2. The lowest BCUT2D eigenvalue weighted by atomic mass is 9.98. The summed E-state index contributed by atoms with van der Waals surface area (Å²) in [7, 11) is 0. The molecule has 0 unspecified atom stereocenters. The molecule has 0 fully saturated rings. The van der Waals surface area contributed by atoms with Crippen molar-refractivity contribution in [2.45, 2.75) is 13.2 Å². The Morgan fingerprint density at radius 1 is 0.710 bits per heavy atom. The molecule has 0 heterocycles. The lowest BCUT2D eigenvalue weighted by Crippen LogP contribution is -2.00. The molecule has 0 amide bonds. The molecule has 3 aromatic rings. The van der Waals surface area contributed by atoms with Gasteiger partial charge in [-0.3, -0.25) is 0 Å². The number of ether oxygens (including phenoxy) is 2. The topological polar surface area (TPSA) is 52.6 Å². The van der Waals surface area contributed by atoms with Crippen LogP contribution < -0.4 is 0 Å². The molecule has 4 nitrogen and oxygen atoms in total. The fourth-order valence-corrected chi connectivity index (χ4v) is 2.93. The third-order valence-corrected chi connectivity index (χ3v) is 4.62. The summed E-state index contributed by atoms with van der Waals surface area (Å²) in [6.45, 7) is 6.99. The van der Waals surface area contributed by atoms with E-state index in [0.717, 1.165) is 40.0 Å². The van der Waals surface area contributed by atoms with E-state index in [1.54, 1.807) is 30.3 Å². The first-order valence-corrected chi connectivity index (χ1v) is 9.56. The van der Waals surface area contributed by atoms with Crippen molar-refractivity contribution in [3.8, 4) is 22.3 Å². The number of carbonyl (C=O) groups excluding carboxylic acids is 2. The molecule has 3 aromatic carbocycles. The van der Waals surface area contributed by atoms with Crippen molar-refractivity contribution >= 4 is 11.9 Å². The third kappa shape index (κ3) is 5.76. The van der Waals surface area contributed by atoms with Crippen molar-refractivity contribution in [2.75, 3.05) is 0 Å². The molecule has 0 radical (unpaired) electrons. The molecular formula is C26H21FO4. The maximum absolute atomic E-state index is 14.8. The molecule has 0 saturated carbocycles. The molecule has 31 heavy (non-hydrogen) atoms. The maximum atomic E-state index is 14.8. The number of benzene rings is 3. The van der Waals surface area contributed by atoms with E-state index in [1.165, 1.54) is 6.07 Å². The molecule has 156 valence electrons. The van der Waals surface area contributed by atoms with Crippen LogP contribution >= 0.6 is 0 Å². The van der Waals surface area contributed by atoms with Crippen LogP contribution in [0.25, 0.3) is 22.3 Å². The van der Waals surface area contributed by atoms with Crippen LogP contribution in [0.4, 0.5) is 4.39 Å². The van der Waals surface area contributed by atoms with Crippen LogP contribution in [0.5, 0.6) is 0 Å². The van der Waals surface area contributed by atoms with Crippen molar-refractivity contribution in [2.24, 2.45) is 0 Å². The minimum atomic E-state index is -0.489. The van der Waals surface area contributed by atoms with Crippen molar-refractivity contribution in [3.05, 3.63) is 109 Å². The van der Waals surface area contributed by atoms with E-state index in [-0.39, 0.29) is 19.0 Å². The Bertz CT molecular complexity index is 1100. The van der Waals surface area contributed by atoms with Gasteiger partial charge in [-0.2, -0.15) is 0 Å². The molecule has 0 N–H and O–H groups in total. The zero-order valence-corrected chi connectivity index (χ0v) is 16.8. The van der Waals surface area contributed by atoms with E-state index in [4.69, 9.17) is 9.47 Å². The lowest BCUT2D eigenvalue weighted by Gasteiger charge is -2.09. The summed E-state index contributed by atoms with van der Waals surface area (Å²) in [6, 6.07) is 19.6.